The Morgan fingerprint density at radius 3 is 2.35 bits per heavy atom. The SMILES string of the molecule is CCCCc1cc2c(c(N3CCN(c4cccc5ccccc45)CC3)c1C(N)=O)Cc1ccccc1-2.Cl. The van der Waals surface area contributed by atoms with E-state index in [-0.39, 0.29) is 18.3 Å². The van der Waals surface area contributed by atoms with Gasteiger partial charge in [0.15, 0.2) is 0 Å². The highest BCUT2D eigenvalue weighted by Gasteiger charge is 2.31. The summed E-state index contributed by atoms with van der Waals surface area (Å²) in [4.78, 5) is 17.9. The lowest BCUT2D eigenvalue weighted by atomic mass is 9.91. The predicted molar refractivity (Wildman–Crippen MR) is 157 cm³/mol. The summed E-state index contributed by atoms with van der Waals surface area (Å²) >= 11 is 0. The maximum atomic E-state index is 12.9. The molecule has 6 rings (SSSR count). The number of fused-ring (bicyclic) bond motifs is 4. The van der Waals surface area contributed by atoms with Gasteiger partial charge in [-0.05, 0) is 58.2 Å². The highest BCUT2D eigenvalue weighted by molar-refractivity contribution is 6.04. The number of halogens is 1. The van der Waals surface area contributed by atoms with Gasteiger partial charge >= 0.3 is 0 Å². The molecule has 190 valence electrons. The van der Waals surface area contributed by atoms with E-state index >= 15 is 0 Å². The van der Waals surface area contributed by atoms with Crippen LogP contribution >= 0.6 is 12.4 Å². The van der Waals surface area contributed by atoms with E-state index in [4.69, 9.17) is 5.73 Å². The molecule has 0 saturated carbocycles. The van der Waals surface area contributed by atoms with Crippen molar-refractivity contribution >= 4 is 40.5 Å². The molecule has 1 aliphatic carbocycles. The average molecular weight is 512 g/mol. The van der Waals surface area contributed by atoms with Gasteiger partial charge in [0.2, 0.25) is 0 Å². The monoisotopic (exact) mass is 511 g/mol. The topological polar surface area (TPSA) is 49.6 Å². The average Bonchev–Trinajstić information content (AvgIpc) is 3.29. The highest BCUT2D eigenvalue weighted by atomic mass is 35.5. The summed E-state index contributed by atoms with van der Waals surface area (Å²) in [7, 11) is 0. The lowest BCUT2D eigenvalue weighted by Gasteiger charge is -2.39. The second kappa shape index (κ2) is 10.5. The Morgan fingerprint density at radius 2 is 1.57 bits per heavy atom. The Hall–Kier alpha value is -3.50. The van der Waals surface area contributed by atoms with Gasteiger partial charge in [0.1, 0.15) is 0 Å². The van der Waals surface area contributed by atoms with Crippen molar-refractivity contribution in [2.45, 2.75) is 32.6 Å². The van der Waals surface area contributed by atoms with Crippen LogP contribution in [0.3, 0.4) is 0 Å². The molecule has 2 aliphatic rings. The zero-order valence-electron chi connectivity index (χ0n) is 21.4. The molecule has 4 aromatic carbocycles. The fraction of sp³-hybridized carbons (Fsp3) is 0.281. The molecule has 1 amide bonds. The van der Waals surface area contributed by atoms with Crippen LogP contribution in [0.5, 0.6) is 0 Å². The summed E-state index contributed by atoms with van der Waals surface area (Å²) in [5.74, 6) is -0.300. The Labute approximate surface area is 225 Å². The summed E-state index contributed by atoms with van der Waals surface area (Å²) in [5, 5.41) is 2.57. The van der Waals surface area contributed by atoms with E-state index in [1.165, 1.54) is 38.7 Å². The third-order valence-electron chi connectivity index (χ3n) is 7.91. The first kappa shape index (κ1) is 25.2. The molecule has 37 heavy (non-hydrogen) atoms. The molecule has 5 heteroatoms. The molecule has 0 bridgehead atoms. The van der Waals surface area contributed by atoms with Crippen molar-refractivity contribution in [1.82, 2.24) is 0 Å². The van der Waals surface area contributed by atoms with E-state index in [0.717, 1.165) is 68.7 Å². The molecule has 1 saturated heterocycles. The molecule has 0 radical (unpaired) electrons. The number of primary amides is 1. The number of benzene rings is 4. The Balaban J connectivity index is 0.00000280. The van der Waals surface area contributed by atoms with E-state index in [1.54, 1.807) is 0 Å². The Bertz CT molecular complexity index is 1450. The number of anilines is 2. The van der Waals surface area contributed by atoms with Crippen molar-refractivity contribution in [3.05, 3.63) is 95.1 Å². The first-order valence-electron chi connectivity index (χ1n) is 13.2. The molecule has 0 spiro atoms. The fourth-order valence-electron chi connectivity index (χ4n) is 6.15. The van der Waals surface area contributed by atoms with Gasteiger partial charge in [-0.1, -0.05) is 74.0 Å². The van der Waals surface area contributed by atoms with E-state index in [1.807, 2.05) is 0 Å². The zero-order chi connectivity index (χ0) is 24.6. The highest BCUT2D eigenvalue weighted by Crippen LogP contribution is 2.45. The number of hydrogen-bond acceptors (Lipinski definition) is 3. The van der Waals surface area contributed by atoms with Crippen LogP contribution in [-0.2, 0) is 12.8 Å². The van der Waals surface area contributed by atoms with Crippen molar-refractivity contribution in [2.24, 2.45) is 5.73 Å². The minimum absolute atomic E-state index is 0. The second-order valence-corrected chi connectivity index (χ2v) is 10.1. The maximum Gasteiger partial charge on any atom is 0.251 e. The van der Waals surface area contributed by atoms with Crippen LogP contribution in [0.25, 0.3) is 21.9 Å². The summed E-state index contributed by atoms with van der Waals surface area (Å²) in [6.45, 7) is 5.74. The van der Waals surface area contributed by atoms with Gasteiger partial charge < -0.3 is 15.5 Å². The molecule has 2 N–H and O–H groups in total. The van der Waals surface area contributed by atoms with Gasteiger partial charge in [-0.15, -0.1) is 12.4 Å². The largest absolute Gasteiger partial charge is 0.367 e. The number of nitrogens with two attached hydrogens (primary N) is 1. The fourth-order valence-corrected chi connectivity index (χ4v) is 6.15. The molecule has 4 aromatic rings. The van der Waals surface area contributed by atoms with Crippen molar-refractivity contribution in [3.8, 4) is 11.1 Å². The summed E-state index contributed by atoms with van der Waals surface area (Å²) in [6, 6.07) is 26.1. The number of hydrogen-bond donors (Lipinski definition) is 1. The standard InChI is InChI=1S/C32H33N3O.ClH/c1-2-3-9-24-21-27-25-13-6-5-11-23(25)20-28(27)31(30(24)32(33)36)35-18-16-34(17-19-35)29-15-8-12-22-10-4-7-14-26(22)29;/h4-8,10-15,21H,2-3,9,16-20H2,1H3,(H2,33,36);1H. The molecular weight excluding hydrogens is 478 g/mol. The van der Waals surface area contributed by atoms with Crippen molar-refractivity contribution < 1.29 is 4.79 Å². The van der Waals surface area contributed by atoms with Gasteiger partial charge in [0, 0.05) is 43.7 Å². The molecule has 1 fully saturated rings. The smallest absolute Gasteiger partial charge is 0.251 e. The second-order valence-electron chi connectivity index (χ2n) is 10.1. The quantitative estimate of drug-likeness (QED) is 0.279. The third-order valence-corrected chi connectivity index (χ3v) is 7.91. The number of amides is 1. The number of piperazine rings is 1. The molecular formula is C32H34ClN3O. The van der Waals surface area contributed by atoms with Crippen LogP contribution in [0.15, 0.2) is 72.8 Å². The third kappa shape index (κ3) is 4.44. The Kier molecular flexibility index (Phi) is 7.12. The number of carbonyl (C=O) groups excluding carboxylic acids is 1. The van der Waals surface area contributed by atoms with Gasteiger partial charge in [-0.25, -0.2) is 0 Å². The lowest BCUT2D eigenvalue weighted by Crippen LogP contribution is -2.47. The van der Waals surface area contributed by atoms with Gasteiger partial charge in [0.25, 0.3) is 5.91 Å². The van der Waals surface area contributed by atoms with Crippen LogP contribution < -0.4 is 15.5 Å². The minimum atomic E-state index is -0.300. The summed E-state index contributed by atoms with van der Waals surface area (Å²) in [5.41, 5.74) is 15.5. The first-order valence-corrected chi connectivity index (χ1v) is 13.2. The first-order chi connectivity index (χ1) is 17.7. The van der Waals surface area contributed by atoms with Crippen LogP contribution in [0.4, 0.5) is 11.4 Å². The predicted octanol–water partition coefficient (Wildman–Crippen LogP) is 6.60. The number of rotatable bonds is 6. The molecule has 0 aromatic heterocycles. The van der Waals surface area contributed by atoms with Gasteiger partial charge in [-0.3, -0.25) is 4.79 Å². The van der Waals surface area contributed by atoms with Crippen LogP contribution in [-0.4, -0.2) is 32.1 Å². The van der Waals surface area contributed by atoms with E-state index in [9.17, 15) is 4.79 Å². The lowest BCUT2D eigenvalue weighted by molar-refractivity contribution is 0.0999. The van der Waals surface area contributed by atoms with Crippen LogP contribution in [0.2, 0.25) is 0 Å². The van der Waals surface area contributed by atoms with Gasteiger partial charge in [0.05, 0.1) is 11.3 Å². The normalized spacial score (nSPS) is 14.3. The maximum absolute atomic E-state index is 12.9. The molecule has 1 aliphatic heterocycles. The summed E-state index contributed by atoms with van der Waals surface area (Å²) < 4.78 is 0. The van der Waals surface area contributed by atoms with Crippen molar-refractivity contribution in [2.75, 3.05) is 36.0 Å². The van der Waals surface area contributed by atoms with E-state index in [0.29, 0.717) is 0 Å². The number of nitrogens with zero attached hydrogens (tertiary/aromatic N) is 2. The van der Waals surface area contributed by atoms with Crippen molar-refractivity contribution in [3.63, 3.8) is 0 Å². The van der Waals surface area contributed by atoms with Crippen molar-refractivity contribution in [1.29, 1.82) is 0 Å². The van der Waals surface area contributed by atoms with E-state index in [2.05, 4.69) is 89.5 Å². The number of aryl methyl sites for hydroxylation is 1. The van der Waals surface area contributed by atoms with Gasteiger partial charge in [-0.2, -0.15) is 0 Å². The molecule has 4 nitrogen and oxygen atoms in total. The molecule has 0 unspecified atom stereocenters. The molecule has 1 heterocycles. The molecule has 0 atom stereocenters. The zero-order valence-corrected chi connectivity index (χ0v) is 22.2. The Morgan fingerprint density at radius 1 is 0.865 bits per heavy atom. The minimum Gasteiger partial charge on any atom is -0.367 e. The van der Waals surface area contributed by atoms with E-state index < -0.39 is 0 Å². The number of carbonyl (C=O) groups is 1. The van der Waals surface area contributed by atoms with Crippen LogP contribution in [0.1, 0.15) is 46.8 Å². The summed E-state index contributed by atoms with van der Waals surface area (Å²) in [6.07, 6.45) is 3.88. The number of unbranched alkanes of at least 4 members (excludes halogenated alkanes) is 1. The van der Waals surface area contributed by atoms with Crippen LogP contribution in [0, 0.1) is 0 Å².